The summed E-state index contributed by atoms with van der Waals surface area (Å²) in [6.07, 6.45) is 10.4. The number of benzene rings is 1. The highest BCUT2D eigenvalue weighted by molar-refractivity contribution is 6.19. The van der Waals surface area contributed by atoms with Crippen molar-refractivity contribution in [2.24, 2.45) is 0 Å². The van der Waals surface area contributed by atoms with Gasteiger partial charge in [-0.05, 0) is 35.4 Å². The van der Waals surface area contributed by atoms with Crippen LogP contribution in [-0.4, -0.2) is 21.5 Å². The fraction of sp³-hybridized carbons (Fsp3) is 0.0645. The number of aromatic nitrogens is 5. The van der Waals surface area contributed by atoms with Crippen LogP contribution in [0.25, 0.3) is 71.9 Å². The SMILES string of the molecule is C1=CC2CNc3cnc4cc5nc6ccc7[n+]8c(ccc9cnccc98)cc8ccc(c5c1c4c32)c6[n+]87. The van der Waals surface area contributed by atoms with Crippen molar-refractivity contribution >= 4 is 77.6 Å². The van der Waals surface area contributed by atoms with E-state index in [1.807, 2.05) is 18.6 Å². The van der Waals surface area contributed by atoms with Crippen LogP contribution < -0.4 is 14.1 Å². The maximum atomic E-state index is 5.21. The molecule has 0 fully saturated rings. The molecular formula is C31H18N6+2. The first-order valence-electron chi connectivity index (χ1n) is 12.6. The third kappa shape index (κ3) is 2.08. The Labute approximate surface area is 209 Å². The molecule has 1 N–H and O–H groups in total. The molecule has 1 aliphatic carbocycles. The highest BCUT2D eigenvalue weighted by Gasteiger charge is 2.31. The van der Waals surface area contributed by atoms with Crippen LogP contribution in [0.4, 0.5) is 5.69 Å². The summed E-state index contributed by atoms with van der Waals surface area (Å²) < 4.78 is 4.69. The predicted octanol–water partition coefficient (Wildman–Crippen LogP) is 5.09. The zero-order valence-corrected chi connectivity index (χ0v) is 19.6. The average molecular weight is 475 g/mol. The second kappa shape index (κ2) is 6.05. The minimum Gasteiger partial charge on any atom is -0.383 e. The van der Waals surface area contributed by atoms with Crippen molar-refractivity contribution in [1.29, 1.82) is 0 Å². The second-order valence-electron chi connectivity index (χ2n) is 10.2. The fourth-order valence-corrected chi connectivity index (χ4v) is 6.89. The molecule has 8 aromatic rings. The van der Waals surface area contributed by atoms with Gasteiger partial charge in [0.05, 0.1) is 45.8 Å². The summed E-state index contributed by atoms with van der Waals surface area (Å²) in [4.78, 5) is 14.4. The number of hydrogen-bond donors (Lipinski definition) is 1. The minimum atomic E-state index is 0.401. The van der Waals surface area contributed by atoms with Crippen LogP contribution in [0.1, 0.15) is 17.0 Å². The number of rotatable bonds is 0. The Morgan fingerprint density at radius 2 is 1.78 bits per heavy atom. The number of nitrogens with zero attached hydrogens (tertiary/aromatic N) is 5. The monoisotopic (exact) mass is 474 g/mol. The molecule has 0 saturated heterocycles. The molecule has 0 bridgehead atoms. The van der Waals surface area contributed by atoms with Crippen LogP contribution in [0.2, 0.25) is 0 Å². The van der Waals surface area contributed by atoms with E-state index in [0.29, 0.717) is 5.92 Å². The maximum Gasteiger partial charge on any atom is 0.456 e. The molecule has 8 heterocycles. The molecule has 1 unspecified atom stereocenters. The topological polar surface area (TPSA) is 58.9 Å². The lowest BCUT2D eigenvalue weighted by Crippen LogP contribution is -2.39. The quantitative estimate of drug-likeness (QED) is 0.189. The van der Waals surface area contributed by atoms with E-state index in [0.717, 1.165) is 61.9 Å². The van der Waals surface area contributed by atoms with Crippen molar-refractivity contribution in [1.82, 2.24) is 15.0 Å². The van der Waals surface area contributed by atoms with Gasteiger partial charge in [-0.2, -0.15) is 0 Å². The summed E-state index contributed by atoms with van der Waals surface area (Å²) in [5.41, 5.74) is 12.5. The van der Waals surface area contributed by atoms with Crippen LogP contribution in [0.3, 0.4) is 0 Å². The molecule has 0 radical (unpaired) electrons. The summed E-state index contributed by atoms with van der Waals surface area (Å²) in [5.74, 6) is 0.401. The van der Waals surface area contributed by atoms with Crippen molar-refractivity contribution in [2.75, 3.05) is 11.9 Å². The number of pyridine rings is 6. The van der Waals surface area contributed by atoms with E-state index in [2.05, 4.69) is 85.9 Å². The smallest absolute Gasteiger partial charge is 0.383 e. The zero-order chi connectivity index (χ0) is 23.8. The van der Waals surface area contributed by atoms with E-state index in [4.69, 9.17) is 9.97 Å². The van der Waals surface area contributed by atoms with Gasteiger partial charge in [-0.1, -0.05) is 21.0 Å². The summed E-state index contributed by atoms with van der Waals surface area (Å²) >= 11 is 0. The van der Waals surface area contributed by atoms with Gasteiger partial charge in [0.15, 0.2) is 0 Å². The van der Waals surface area contributed by atoms with Gasteiger partial charge in [0.2, 0.25) is 16.6 Å². The lowest BCUT2D eigenvalue weighted by Gasteiger charge is -2.18. The molecule has 0 saturated carbocycles. The molecule has 6 heteroatoms. The maximum absolute atomic E-state index is 5.21. The highest BCUT2D eigenvalue weighted by atomic mass is 15.1. The molecule has 37 heavy (non-hydrogen) atoms. The highest BCUT2D eigenvalue weighted by Crippen LogP contribution is 2.45. The van der Waals surface area contributed by atoms with Crippen molar-refractivity contribution in [2.45, 2.75) is 5.92 Å². The van der Waals surface area contributed by atoms with E-state index in [1.54, 1.807) is 0 Å². The van der Waals surface area contributed by atoms with Gasteiger partial charge < -0.3 is 5.32 Å². The molecule has 2 aliphatic rings. The van der Waals surface area contributed by atoms with Gasteiger partial charge in [-0.25, -0.2) is 4.98 Å². The first kappa shape index (κ1) is 18.3. The van der Waals surface area contributed by atoms with Crippen LogP contribution in [-0.2, 0) is 0 Å². The second-order valence-corrected chi connectivity index (χ2v) is 10.2. The van der Waals surface area contributed by atoms with Crippen molar-refractivity contribution in [3.05, 3.63) is 90.4 Å². The summed E-state index contributed by atoms with van der Waals surface area (Å²) in [5, 5.41) is 8.34. The van der Waals surface area contributed by atoms with E-state index in [-0.39, 0.29) is 0 Å². The van der Waals surface area contributed by atoms with Crippen molar-refractivity contribution < 1.29 is 8.80 Å². The molecule has 1 aliphatic heterocycles. The largest absolute Gasteiger partial charge is 0.456 e. The van der Waals surface area contributed by atoms with Gasteiger partial charge >= 0.3 is 5.65 Å². The Hall–Kier alpha value is -4.97. The Morgan fingerprint density at radius 1 is 0.838 bits per heavy atom. The Kier molecular flexibility index (Phi) is 2.99. The Bertz CT molecular complexity index is 2370. The number of anilines is 1. The van der Waals surface area contributed by atoms with Gasteiger partial charge in [0.1, 0.15) is 5.52 Å². The lowest BCUT2D eigenvalue weighted by molar-refractivity contribution is -0.577. The van der Waals surface area contributed by atoms with E-state index < -0.39 is 0 Å². The third-order valence-corrected chi connectivity index (χ3v) is 8.41. The first-order chi connectivity index (χ1) is 18.3. The third-order valence-electron chi connectivity index (χ3n) is 8.41. The molecule has 1 atom stereocenters. The Morgan fingerprint density at radius 3 is 2.78 bits per heavy atom. The molecule has 6 nitrogen and oxygen atoms in total. The number of nitrogens with one attached hydrogen (secondary N) is 1. The normalized spacial score (nSPS) is 16.4. The predicted molar refractivity (Wildman–Crippen MR) is 145 cm³/mol. The number of hydrogen-bond acceptors (Lipinski definition) is 4. The van der Waals surface area contributed by atoms with Crippen molar-refractivity contribution in [3.8, 4) is 0 Å². The summed E-state index contributed by atoms with van der Waals surface area (Å²) in [6, 6.07) is 19.7. The molecule has 1 aromatic carbocycles. The standard InChI is InChI=1S/C31H17N6/c1-3-18-11-19-4-6-21-29-20-5-2-17-14-33-25-15-34-23(30(20)28(17)25)12-24(29)35-22-7-8-27(37(19)31(21)22)36(18)26-9-10-32-13-16(1)26/h1-13,15,17H,14H2/q+1/p+1. The number of fused-ring (bicyclic) bond motifs is 7. The van der Waals surface area contributed by atoms with Gasteiger partial charge in [0, 0.05) is 53.8 Å². The van der Waals surface area contributed by atoms with Crippen molar-refractivity contribution in [3.63, 3.8) is 0 Å². The van der Waals surface area contributed by atoms with Gasteiger partial charge in [0.25, 0.3) is 5.52 Å². The molecule has 10 rings (SSSR count). The fourth-order valence-electron chi connectivity index (χ4n) is 6.89. The zero-order valence-electron chi connectivity index (χ0n) is 19.6. The van der Waals surface area contributed by atoms with Crippen LogP contribution in [0.15, 0.2) is 79.3 Å². The van der Waals surface area contributed by atoms with E-state index >= 15 is 0 Å². The summed E-state index contributed by atoms with van der Waals surface area (Å²) in [7, 11) is 0. The van der Waals surface area contributed by atoms with Crippen LogP contribution in [0, 0.1) is 0 Å². The molecule has 0 spiro atoms. The molecule has 170 valence electrons. The average Bonchev–Trinajstić information content (AvgIpc) is 3.38. The molecule has 0 amide bonds. The minimum absolute atomic E-state index is 0.401. The van der Waals surface area contributed by atoms with Gasteiger partial charge in [-0.3, -0.25) is 9.97 Å². The molecule has 7 aromatic heterocycles. The first-order valence-corrected chi connectivity index (χ1v) is 12.6. The van der Waals surface area contributed by atoms with Crippen LogP contribution in [0.5, 0.6) is 0 Å². The van der Waals surface area contributed by atoms with E-state index in [9.17, 15) is 0 Å². The lowest BCUT2D eigenvalue weighted by atomic mass is 9.86. The molecular weight excluding hydrogens is 456 g/mol. The van der Waals surface area contributed by atoms with E-state index in [1.165, 1.54) is 27.3 Å². The van der Waals surface area contributed by atoms with Crippen LogP contribution >= 0.6 is 0 Å². The Balaban J connectivity index is 1.46. The van der Waals surface area contributed by atoms with Gasteiger partial charge in [-0.15, -0.1) is 0 Å². The summed E-state index contributed by atoms with van der Waals surface area (Å²) in [6.45, 7) is 0.935.